The average Bonchev–Trinajstić information content (AvgIpc) is 3.22. The van der Waals surface area contributed by atoms with E-state index in [2.05, 4.69) is 20.2 Å². The molecule has 1 aliphatic rings. The van der Waals surface area contributed by atoms with Crippen LogP contribution in [0.15, 0.2) is 30.6 Å². The van der Waals surface area contributed by atoms with Crippen molar-refractivity contribution < 1.29 is 19.0 Å². The quantitative estimate of drug-likeness (QED) is 0.637. The Hall–Kier alpha value is -2.58. The molecule has 8 heteroatoms. The largest absolute Gasteiger partial charge is 0.497 e. The van der Waals surface area contributed by atoms with Crippen molar-refractivity contribution in [2.24, 2.45) is 0 Å². The molecule has 0 radical (unpaired) electrons. The smallest absolute Gasteiger partial charge is 0.255 e. The van der Waals surface area contributed by atoms with Crippen molar-refractivity contribution in [3.8, 4) is 11.5 Å². The van der Waals surface area contributed by atoms with E-state index in [9.17, 15) is 4.79 Å². The van der Waals surface area contributed by atoms with Crippen molar-refractivity contribution in [2.75, 3.05) is 40.5 Å². The first kappa shape index (κ1) is 20.2. The number of piperidine rings is 1. The first-order valence-corrected chi connectivity index (χ1v) is 9.52. The van der Waals surface area contributed by atoms with Crippen molar-refractivity contribution >= 4 is 5.91 Å². The number of carbonyl (C=O) groups excluding carboxylic acids is 1. The number of rotatable bonds is 9. The first-order valence-electron chi connectivity index (χ1n) is 9.52. The predicted molar refractivity (Wildman–Crippen MR) is 105 cm³/mol. The van der Waals surface area contributed by atoms with Crippen LogP contribution < -0.4 is 14.8 Å². The summed E-state index contributed by atoms with van der Waals surface area (Å²) in [6, 6.07) is 5.28. The van der Waals surface area contributed by atoms with Crippen LogP contribution in [0, 0.1) is 0 Å². The number of methoxy groups -OCH3 is 2. The molecule has 0 atom stereocenters. The van der Waals surface area contributed by atoms with Gasteiger partial charge in [-0.25, -0.2) is 4.98 Å². The van der Waals surface area contributed by atoms with Gasteiger partial charge in [-0.2, -0.15) is 0 Å². The van der Waals surface area contributed by atoms with Gasteiger partial charge in [-0.1, -0.05) is 0 Å². The summed E-state index contributed by atoms with van der Waals surface area (Å²) in [6.07, 6.45) is 5.46. The van der Waals surface area contributed by atoms with Gasteiger partial charge in [0.1, 0.15) is 23.4 Å². The zero-order valence-electron chi connectivity index (χ0n) is 16.4. The molecule has 2 N–H and O–H groups in total. The fourth-order valence-electron chi connectivity index (χ4n) is 3.24. The van der Waals surface area contributed by atoms with E-state index in [-0.39, 0.29) is 12.0 Å². The summed E-state index contributed by atoms with van der Waals surface area (Å²) in [5.41, 5.74) is 0.509. The molecule has 3 rings (SSSR count). The summed E-state index contributed by atoms with van der Waals surface area (Å²) in [6.45, 7) is 3.57. The maximum Gasteiger partial charge on any atom is 0.255 e. The lowest BCUT2D eigenvalue weighted by molar-refractivity contribution is 0.0876. The Morgan fingerprint density at radius 1 is 1.32 bits per heavy atom. The van der Waals surface area contributed by atoms with Gasteiger partial charge < -0.3 is 24.5 Å². The van der Waals surface area contributed by atoms with Crippen LogP contribution in [0.3, 0.4) is 0 Å². The number of nitrogens with zero attached hydrogens (tertiary/aromatic N) is 2. The lowest BCUT2D eigenvalue weighted by Gasteiger charge is -2.32. The molecule has 0 saturated carbocycles. The van der Waals surface area contributed by atoms with Crippen molar-refractivity contribution in [3.05, 3.63) is 42.0 Å². The number of ether oxygens (including phenoxy) is 3. The molecule has 0 aliphatic carbocycles. The second-order valence-electron chi connectivity index (χ2n) is 6.74. The second kappa shape index (κ2) is 10.1. The molecule has 0 spiro atoms. The molecule has 8 nitrogen and oxygen atoms in total. The second-order valence-corrected chi connectivity index (χ2v) is 6.74. The number of aromatic amines is 1. The molecular weight excluding hydrogens is 360 g/mol. The molecule has 1 aromatic carbocycles. The normalized spacial score (nSPS) is 15.4. The van der Waals surface area contributed by atoms with Gasteiger partial charge in [0, 0.05) is 45.2 Å². The summed E-state index contributed by atoms with van der Waals surface area (Å²) < 4.78 is 16.5. The molecule has 1 aliphatic heterocycles. The third kappa shape index (κ3) is 5.46. The molecule has 2 aromatic rings. The lowest BCUT2D eigenvalue weighted by atomic mass is 10.1. The molecule has 1 saturated heterocycles. The highest BCUT2D eigenvalue weighted by molar-refractivity contribution is 5.97. The van der Waals surface area contributed by atoms with Gasteiger partial charge in [-0.15, -0.1) is 0 Å². The Kier molecular flexibility index (Phi) is 7.27. The van der Waals surface area contributed by atoms with Gasteiger partial charge >= 0.3 is 0 Å². The number of benzene rings is 1. The Morgan fingerprint density at radius 2 is 2.14 bits per heavy atom. The number of nitrogens with one attached hydrogen (secondary N) is 2. The van der Waals surface area contributed by atoms with Crippen LogP contribution in [-0.4, -0.2) is 67.3 Å². The number of likely N-dealkylation sites (tertiary alicyclic amines) is 1. The van der Waals surface area contributed by atoms with Crippen LogP contribution in [0.2, 0.25) is 0 Å². The molecule has 0 bridgehead atoms. The van der Waals surface area contributed by atoms with Crippen molar-refractivity contribution in [2.45, 2.75) is 25.5 Å². The molecule has 0 unspecified atom stereocenters. The number of imidazole rings is 1. The Labute approximate surface area is 165 Å². The minimum atomic E-state index is -0.176. The van der Waals surface area contributed by atoms with Gasteiger partial charge in [0.15, 0.2) is 0 Å². The molecule has 28 heavy (non-hydrogen) atoms. The van der Waals surface area contributed by atoms with Gasteiger partial charge in [-0.05, 0) is 25.0 Å². The molecule has 1 amide bonds. The monoisotopic (exact) mass is 388 g/mol. The van der Waals surface area contributed by atoms with Crippen molar-refractivity contribution in [1.82, 2.24) is 20.2 Å². The molecule has 1 fully saturated rings. The fraction of sp³-hybridized carbons (Fsp3) is 0.500. The minimum absolute atomic E-state index is 0.0606. The van der Waals surface area contributed by atoms with Crippen LogP contribution in [0.4, 0.5) is 0 Å². The van der Waals surface area contributed by atoms with Crippen molar-refractivity contribution in [3.63, 3.8) is 0 Å². The summed E-state index contributed by atoms with van der Waals surface area (Å²) in [5.74, 6) is 2.02. The fourth-order valence-corrected chi connectivity index (χ4v) is 3.24. The van der Waals surface area contributed by atoms with Crippen molar-refractivity contribution in [1.29, 1.82) is 0 Å². The van der Waals surface area contributed by atoms with E-state index < -0.39 is 0 Å². The van der Waals surface area contributed by atoms with Crippen LogP contribution in [0.1, 0.15) is 29.0 Å². The van der Waals surface area contributed by atoms with Crippen LogP contribution in [-0.2, 0) is 11.3 Å². The Balaban J connectivity index is 1.60. The number of hydrogen-bond acceptors (Lipinski definition) is 6. The predicted octanol–water partition coefficient (Wildman–Crippen LogP) is 1.84. The molecule has 1 aromatic heterocycles. The summed E-state index contributed by atoms with van der Waals surface area (Å²) in [4.78, 5) is 22.3. The van der Waals surface area contributed by atoms with Crippen LogP contribution in [0.5, 0.6) is 11.5 Å². The standard InChI is InChI=1S/C20H28N4O4/c1-26-12-9-23-20(25)17-4-3-16(27-2)13-18(17)28-15-5-10-24(11-6-15)14-19-21-7-8-22-19/h3-4,7-8,13,15H,5-6,9-12,14H2,1-2H3,(H,21,22)(H,23,25). The first-order chi connectivity index (χ1) is 13.7. The van der Waals surface area contributed by atoms with Crippen LogP contribution in [0.25, 0.3) is 0 Å². The van der Waals surface area contributed by atoms with Gasteiger partial charge in [0.25, 0.3) is 5.91 Å². The lowest BCUT2D eigenvalue weighted by Crippen LogP contribution is -2.38. The van der Waals surface area contributed by atoms with Gasteiger partial charge in [0.05, 0.1) is 25.8 Å². The van der Waals surface area contributed by atoms with E-state index in [0.29, 0.717) is 30.2 Å². The number of amides is 1. The zero-order chi connectivity index (χ0) is 19.8. The number of hydrogen-bond donors (Lipinski definition) is 2. The SMILES string of the molecule is COCCNC(=O)c1ccc(OC)cc1OC1CCN(Cc2ncc[nH]2)CC1. The third-order valence-corrected chi connectivity index (χ3v) is 4.78. The number of carbonyl (C=O) groups is 1. The third-order valence-electron chi connectivity index (χ3n) is 4.78. The maximum absolute atomic E-state index is 12.5. The number of H-pyrrole nitrogens is 1. The summed E-state index contributed by atoms with van der Waals surface area (Å²) in [5, 5.41) is 2.84. The highest BCUT2D eigenvalue weighted by Crippen LogP contribution is 2.28. The van der Waals surface area contributed by atoms with E-state index in [1.165, 1.54) is 0 Å². The zero-order valence-corrected chi connectivity index (χ0v) is 16.4. The average molecular weight is 388 g/mol. The van der Waals surface area contributed by atoms with E-state index in [0.717, 1.165) is 38.3 Å². The summed E-state index contributed by atoms with van der Waals surface area (Å²) in [7, 11) is 3.21. The topological polar surface area (TPSA) is 88.7 Å². The highest BCUT2D eigenvalue weighted by atomic mass is 16.5. The molecular formula is C20H28N4O4. The van der Waals surface area contributed by atoms with E-state index in [4.69, 9.17) is 14.2 Å². The summed E-state index contributed by atoms with van der Waals surface area (Å²) >= 11 is 0. The van der Waals surface area contributed by atoms with E-state index in [1.54, 1.807) is 38.6 Å². The van der Waals surface area contributed by atoms with Gasteiger partial charge in [0.2, 0.25) is 0 Å². The minimum Gasteiger partial charge on any atom is -0.497 e. The Morgan fingerprint density at radius 3 is 2.82 bits per heavy atom. The van der Waals surface area contributed by atoms with Crippen LogP contribution >= 0.6 is 0 Å². The Bertz CT molecular complexity index is 743. The van der Waals surface area contributed by atoms with E-state index >= 15 is 0 Å². The highest BCUT2D eigenvalue weighted by Gasteiger charge is 2.23. The molecule has 152 valence electrons. The number of aromatic nitrogens is 2. The van der Waals surface area contributed by atoms with E-state index in [1.807, 2.05) is 6.20 Å². The maximum atomic E-state index is 12.5. The molecule has 2 heterocycles. The van der Waals surface area contributed by atoms with Gasteiger partial charge in [-0.3, -0.25) is 9.69 Å².